The van der Waals surface area contributed by atoms with Gasteiger partial charge in [0.15, 0.2) is 0 Å². The van der Waals surface area contributed by atoms with Gasteiger partial charge >= 0.3 is 0 Å². The van der Waals surface area contributed by atoms with Crippen molar-refractivity contribution in [2.45, 2.75) is 32.7 Å². The summed E-state index contributed by atoms with van der Waals surface area (Å²) in [6.45, 7) is 5.28. The Morgan fingerprint density at radius 3 is 2.71 bits per heavy atom. The highest BCUT2D eigenvalue weighted by Gasteiger charge is 2.16. The maximum atomic E-state index is 6.09. The van der Waals surface area contributed by atoms with Gasteiger partial charge in [0.25, 0.3) is 0 Å². The van der Waals surface area contributed by atoms with E-state index in [-0.39, 0.29) is 6.04 Å². The minimum Gasteiger partial charge on any atom is -0.496 e. The molecule has 1 atom stereocenters. The molecule has 0 fully saturated rings. The Morgan fingerprint density at radius 1 is 1.29 bits per heavy atom. The van der Waals surface area contributed by atoms with Gasteiger partial charge in [0.2, 0.25) is 0 Å². The van der Waals surface area contributed by atoms with E-state index in [1.165, 1.54) is 16.0 Å². The average molecular weight is 324 g/mol. The molecule has 1 heterocycles. The Labute approximate surface area is 136 Å². The molecular weight excluding hydrogens is 302 g/mol. The summed E-state index contributed by atoms with van der Waals surface area (Å²) in [6, 6.07) is 10.7. The summed E-state index contributed by atoms with van der Waals surface area (Å²) in [7, 11) is 1.73. The maximum Gasteiger partial charge on any atom is 0.122 e. The zero-order chi connectivity index (χ0) is 15.2. The SMILES string of the molecule is CCCNC(Cc1cc(C)ccc1OC)c1ccc(Cl)s1. The van der Waals surface area contributed by atoms with Crippen LogP contribution in [-0.2, 0) is 6.42 Å². The number of benzene rings is 1. The van der Waals surface area contributed by atoms with E-state index in [4.69, 9.17) is 16.3 Å². The number of halogens is 1. The molecule has 1 aromatic heterocycles. The first-order valence-corrected chi connectivity index (χ1v) is 8.45. The molecule has 114 valence electrons. The number of thiophene rings is 1. The fourth-order valence-corrected chi connectivity index (χ4v) is 3.53. The highest BCUT2D eigenvalue weighted by Crippen LogP contribution is 2.31. The molecule has 1 N–H and O–H groups in total. The van der Waals surface area contributed by atoms with Gasteiger partial charge in [0.1, 0.15) is 5.75 Å². The normalized spacial score (nSPS) is 12.4. The van der Waals surface area contributed by atoms with E-state index in [0.717, 1.165) is 29.5 Å². The van der Waals surface area contributed by atoms with E-state index < -0.39 is 0 Å². The van der Waals surface area contributed by atoms with Crippen LogP contribution in [0.2, 0.25) is 4.34 Å². The van der Waals surface area contributed by atoms with Crippen molar-refractivity contribution in [3.05, 3.63) is 50.7 Å². The second-order valence-electron chi connectivity index (χ2n) is 5.17. The van der Waals surface area contributed by atoms with E-state index >= 15 is 0 Å². The first-order valence-electron chi connectivity index (χ1n) is 7.26. The summed E-state index contributed by atoms with van der Waals surface area (Å²) in [5.41, 5.74) is 2.49. The van der Waals surface area contributed by atoms with Crippen LogP contribution < -0.4 is 10.1 Å². The lowest BCUT2D eigenvalue weighted by Crippen LogP contribution is -2.23. The molecule has 0 aliphatic rings. The Morgan fingerprint density at radius 2 is 2.10 bits per heavy atom. The van der Waals surface area contributed by atoms with Gasteiger partial charge in [-0.1, -0.05) is 36.2 Å². The van der Waals surface area contributed by atoms with Crippen molar-refractivity contribution < 1.29 is 4.74 Å². The molecule has 2 nitrogen and oxygen atoms in total. The third-order valence-corrected chi connectivity index (χ3v) is 4.78. The Kier molecular flexibility index (Phi) is 6.09. The second-order valence-corrected chi connectivity index (χ2v) is 6.91. The van der Waals surface area contributed by atoms with Gasteiger partial charge in [-0.05, 0) is 50.1 Å². The van der Waals surface area contributed by atoms with Crippen LogP contribution in [0.3, 0.4) is 0 Å². The molecule has 0 aliphatic heterocycles. The van der Waals surface area contributed by atoms with Crippen LogP contribution in [0.25, 0.3) is 0 Å². The molecule has 0 spiro atoms. The van der Waals surface area contributed by atoms with Crippen LogP contribution in [-0.4, -0.2) is 13.7 Å². The van der Waals surface area contributed by atoms with Gasteiger partial charge in [0, 0.05) is 10.9 Å². The number of methoxy groups -OCH3 is 1. The summed E-state index contributed by atoms with van der Waals surface area (Å²) in [5, 5.41) is 3.61. The Balaban J connectivity index is 2.24. The van der Waals surface area contributed by atoms with E-state index in [1.807, 2.05) is 12.1 Å². The van der Waals surface area contributed by atoms with Crippen LogP contribution in [0, 0.1) is 6.92 Å². The van der Waals surface area contributed by atoms with Crippen molar-refractivity contribution in [3.63, 3.8) is 0 Å². The molecule has 2 rings (SSSR count). The topological polar surface area (TPSA) is 21.3 Å². The van der Waals surface area contributed by atoms with Crippen LogP contribution >= 0.6 is 22.9 Å². The molecule has 0 saturated carbocycles. The number of aryl methyl sites for hydroxylation is 1. The van der Waals surface area contributed by atoms with Crippen molar-refractivity contribution >= 4 is 22.9 Å². The van der Waals surface area contributed by atoms with Crippen LogP contribution in [0.4, 0.5) is 0 Å². The van der Waals surface area contributed by atoms with Gasteiger partial charge in [0.05, 0.1) is 11.4 Å². The minimum absolute atomic E-state index is 0.276. The van der Waals surface area contributed by atoms with Gasteiger partial charge in [-0.25, -0.2) is 0 Å². The predicted octanol–water partition coefficient (Wildman–Crippen LogP) is 5.00. The lowest BCUT2D eigenvalue weighted by molar-refractivity contribution is 0.405. The predicted molar refractivity (Wildman–Crippen MR) is 91.8 cm³/mol. The molecule has 2 aromatic rings. The molecule has 1 aromatic carbocycles. The summed E-state index contributed by atoms with van der Waals surface area (Å²) in [4.78, 5) is 1.28. The van der Waals surface area contributed by atoms with Gasteiger partial charge in [-0.15, -0.1) is 11.3 Å². The second kappa shape index (κ2) is 7.83. The Hall–Kier alpha value is -1.03. The van der Waals surface area contributed by atoms with Crippen LogP contribution in [0.1, 0.15) is 35.4 Å². The first-order chi connectivity index (χ1) is 10.1. The van der Waals surface area contributed by atoms with Crippen molar-refractivity contribution in [2.24, 2.45) is 0 Å². The fourth-order valence-electron chi connectivity index (χ4n) is 2.39. The van der Waals surface area contributed by atoms with Crippen molar-refractivity contribution in [1.29, 1.82) is 0 Å². The minimum atomic E-state index is 0.276. The number of hydrogen-bond acceptors (Lipinski definition) is 3. The largest absolute Gasteiger partial charge is 0.496 e. The summed E-state index contributed by atoms with van der Waals surface area (Å²) >= 11 is 7.74. The molecule has 21 heavy (non-hydrogen) atoms. The molecule has 1 unspecified atom stereocenters. The van der Waals surface area contributed by atoms with E-state index in [1.54, 1.807) is 18.4 Å². The molecule has 0 radical (unpaired) electrons. The van der Waals surface area contributed by atoms with Gasteiger partial charge in [-0.2, -0.15) is 0 Å². The summed E-state index contributed by atoms with van der Waals surface area (Å²) < 4.78 is 6.33. The van der Waals surface area contributed by atoms with Gasteiger partial charge < -0.3 is 10.1 Å². The van der Waals surface area contributed by atoms with E-state index in [0.29, 0.717) is 0 Å². The smallest absolute Gasteiger partial charge is 0.122 e. The van der Waals surface area contributed by atoms with Crippen molar-refractivity contribution in [1.82, 2.24) is 5.32 Å². The lowest BCUT2D eigenvalue weighted by Gasteiger charge is -2.19. The lowest BCUT2D eigenvalue weighted by atomic mass is 10.0. The molecule has 0 amide bonds. The molecular formula is C17H22ClNOS. The third kappa shape index (κ3) is 4.47. The molecule has 0 saturated heterocycles. The zero-order valence-electron chi connectivity index (χ0n) is 12.8. The quantitative estimate of drug-likeness (QED) is 0.774. The zero-order valence-corrected chi connectivity index (χ0v) is 14.4. The number of hydrogen-bond donors (Lipinski definition) is 1. The molecule has 0 aliphatic carbocycles. The first kappa shape index (κ1) is 16.3. The number of nitrogens with one attached hydrogen (secondary N) is 1. The summed E-state index contributed by atoms with van der Waals surface area (Å²) in [6.07, 6.45) is 2.02. The van der Waals surface area contributed by atoms with Crippen LogP contribution in [0.15, 0.2) is 30.3 Å². The molecule has 0 bridgehead atoms. The fraction of sp³-hybridized carbons (Fsp3) is 0.412. The number of rotatable bonds is 7. The molecule has 4 heteroatoms. The monoisotopic (exact) mass is 323 g/mol. The summed E-state index contributed by atoms with van der Waals surface area (Å²) in [5.74, 6) is 0.951. The number of ether oxygens (including phenoxy) is 1. The maximum absolute atomic E-state index is 6.09. The Bertz CT molecular complexity index is 582. The van der Waals surface area contributed by atoms with E-state index in [2.05, 4.69) is 37.4 Å². The van der Waals surface area contributed by atoms with Crippen molar-refractivity contribution in [3.8, 4) is 5.75 Å². The van der Waals surface area contributed by atoms with E-state index in [9.17, 15) is 0 Å². The highest BCUT2D eigenvalue weighted by atomic mass is 35.5. The average Bonchev–Trinajstić information content (AvgIpc) is 2.90. The standard InChI is InChI=1S/C17H22ClNOS/c1-4-9-19-14(16-7-8-17(18)21-16)11-13-10-12(2)5-6-15(13)20-3/h5-8,10,14,19H,4,9,11H2,1-3H3. The third-order valence-electron chi connectivity index (χ3n) is 3.44. The van der Waals surface area contributed by atoms with Crippen molar-refractivity contribution in [2.75, 3.05) is 13.7 Å². The highest BCUT2D eigenvalue weighted by molar-refractivity contribution is 7.16. The van der Waals surface area contributed by atoms with Gasteiger partial charge in [-0.3, -0.25) is 0 Å². The van der Waals surface area contributed by atoms with Crippen LogP contribution in [0.5, 0.6) is 5.75 Å².